The topological polar surface area (TPSA) is 83.0 Å². The van der Waals surface area contributed by atoms with Gasteiger partial charge in [0.1, 0.15) is 0 Å². The Morgan fingerprint density at radius 2 is 1.79 bits per heavy atom. The molecule has 2 heterocycles. The first kappa shape index (κ1) is 24.4. The molecule has 2 N–H and O–H groups in total. The number of nitrogens with zero attached hydrogens (tertiary/aromatic N) is 2. The van der Waals surface area contributed by atoms with E-state index in [4.69, 9.17) is 4.74 Å². The van der Waals surface area contributed by atoms with Crippen molar-refractivity contribution in [1.82, 2.24) is 15.5 Å². The first-order chi connectivity index (χ1) is 13.3. The number of hydrogen-bond donors (Lipinski definition) is 2. The fourth-order valence-electron chi connectivity index (χ4n) is 3.92. The first-order valence-electron chi connectivity index (χ1n) is 9.96. The standard InChI is InChI=1S/C20H32N4O3S.HI/c1-15-11-24(12-16(2)27-15)13-18-6-4-17(5-7-18)10-22-20(21-3)23-19-8-9-28(25,26)14-19;/h4-7,15-16,19H,8-14H2,1-3H3,(H2,21,22,23);1H. The maximum atomic E-state index is 11.6. The smallest absolute Gasteiger partial charge is 0.191 e. The number of nitrogens with one attached hydrogen (secondary N) is 2. The lowest BCUT2D eigenvalue weighted by Gasteiger charge is -2.35. The number of sulfone groups is 1. The van der Waals surface area contributed by atoms with Crippen LogP contribution in [0.15, 0.2) is 29.3 Å². The molecule has 2 saturated heterocycles. The summed E-state index contributed by atoms with van der Waals surface area (Å²) in [6, 6.07) is 8.53. The van der Waals surface area contributed by atoms with Gasteiger partial charge in [0, 0.05) is 39.3 Å². The van der Waals surface area contributed by atoms with Crippen LogP contribution in [-0.2, 0) is 27.7 Å². The molecule has 3 atom stereocenters. The second-order valence-electron chi connectivity index (χ2n) is 7.94. The average molecular weight is 536 g/mol. The molecule has 9 heteroatoms. The normalized spacial score (nSPS) is 27.3. The Morgan fingerprint density at radius 1 is 1.17 bits per heavy atom. The zero-order valence-electron chi connectivity index (χ0n) is 17.4. The van der Waals surface area contributed by atoms with Crippen LogP contribution in [0.3, 0.4) is 0 Å². The van der Waals surface area contributed by atoms with Gasteiger partial charge in [-0.25, -0.2) is 8.42 Å². The van der Waals surface area contributed by atoms with Crippen LogP contribution in [0.25, 0.3) is 0 Å². The van der Waals surface area contributed by atoms with Crippen molar-refractivity contribution in [2.24, 2.45) is 4.99 Å². The fourth-order valence-corrected chi connectivity index (χ4v) is 5.59. The highest BCUT2D eigenvalue weighted by molar-refractivity contribution is 14.0. The monoisotopic (exact) mass is 536 g/mol. The summed E-state index contributed by atoms with van der Waals surface area (Å²) in [6.07, 6.45) is 1.19. The van der Waals surface area contributed by atoms with Crippen LogP contribution in [0.1, 0.15) is 31.4 Å². The molecule has 1 aromatic carbocycles. The SMILES string of the molecule is CN=C(NCc1ccc(CN2CC(C)OC(C)C2)cc1)NC1CCS(=O)(=O)C1.I. The van der Waals surface area contributed by atoms with Crippen LogP contribution < -0.4 is 10.6 Å². The number of rotatable bonds is 5. The van der Waals surface area contributed by atoms with E-state index in [1.165, 1.54) is 5.56 Å². The highest BCUT2D eigenvalue weighted by Gasteiger charge is 2.28. The van der Waals surface area contributed by atoms with E-state index in [2.05, 4.69) is 58.6 Å². The number of aliphatic imine (C=N–C) groups is 1. The molecule has 0 amide bonds. The van der Waals surface area contributed by atoms with E-state index in [0.717, 1.165) is 25.2 Å². The lowest BCUT2D eigenvalue weighted by atomic mass is 10.1. The van der Waals surface area contributed by atoms with Crippen molar-refractivity contribution in [3.05, 3.63) is 35.4 Å². The fraction of sp³-hybridized carbons (Fsp3) is 0.650. The van der Waals surface area contributed by atoms with Gasteiger partial charge in [0.05, 0.1) is 23.7 Å². The van der Waals surface area contributed by atoms with Gasteiger partial charge in [0.25, 0.3) is 0 Å². The molecule has 0 radical (unpaired) electrons. The maximum Gasteiger partial charge on any atom is 0.191 e. The van der Waals surface area contributed by atoms with Gasteiger partial charge in [0.15, 0.2) is 15.8 Å². The molecule has 3 rings (SSSR count). The summed E-state index contributed by atoms with van der Waals surface area (Å²) in [5.74, 6) is 1.08. The van der Waals surface area contributed by atoms with Crippen molar-refractivity contribution in [3.8, 4) is 0 Å². The number of hydrogen-bond acceptors (Lipinski definition) is 5. The predicted molar refractivity (Wildman–Crippen MR) is 128 cm³/mol. The predicted octanol–water partition coefficient (Wildman–Crippen LogP) is 1.77. The van der Waals surface area contributed by atoms with E-state index in [-0.39, 0.29) is 53.7 Å². The second-order valence-corrected chi connectivity index (χ2v) is 10.2. The van der Waals surface area contributed by atoms with E-state index < -0.39 is 9.84 Å². The highest BCUT2D eigenvalue weighted by atomic mass is 127. The van der Waals surface area contributed by atoms with Crippen molar-refractivity contribution in [3.63, 3.8) is 0 Å². The molecular weight excluding hydrogens is 503 g/mol. The Morgan fingerprint density at radius 3 is 2.34 bits per heavy atom. The lowest BCUT2D eigenvalue weighted by Crippen LogP contribution is -2.44. The molecule has 0 aromatic heterocycles. The minimum absolute atomic E-state index is 0. The Balaban J connectivity index is 0.00000300. The average Bonchev–Trinajstić information content (AvgIpc) is 2.97. The number of benzene rings is 1. The number of halogens is 1. The van der Waals surface area contributed by atoms with Crippen molar-refractivity contribution < 1.29 is 13.2 Å². The van der Waals surface area contributed by atoms with Crippen LogP contribution in [0.5, 0.6) is 0 Å². The van der Waals surface area contributed by atoms with Crippen LogP contribution in [0.4, 0.5) is 0 Å². The third kappa shape index (κ3) is 7.69. The van der Waals surface area contributed by atoms with E-state index in [1.807, 2.05) is 0 Å². The molecule has 2 fully saturated rings. The number of guanidine groups is 1. The molecule has 0 aliphatic carbocycles. The third-order valence-electron chi connectivity index (χ3n) is 5.18. The maximum absolute atomic E-state index is 11.6. The van der Waals surface area contributed by atoms with E-state index >= 15 is 0 Å². The van der Waals surface area contributed by atoms with Crippen LogP contribution in [0.2, 0.25) is 0 Å². The van der Waals surface area contributed by atoms with Crippen molar-refractivity contribution in [1.29, 1.82) is 0 Å². The molecule has 0 bridgehead atoms. The van der Waals surface area contributed by atoms with Gasteiger partial charge in [-0.1, -0.05) is 24.3 Å². The van der Waals surface area contributed by atoms with E-state index in [1.54, 1.807) is 7.05 Å². The molecule has 7 nitrogen and oxygen atoms in total. The van der Waals surface area contributed by atoms with Gasteiger partial charge in [-0.3, -0.25) is 9.89 Å². The van der Waals surface area contributed by atoms with E-state index in [9.17, 15) is 8.42 Å². The summed E-state index contributed by atoms with van der Waals surface area (Å²) in [5.41, 5.74) is 2.46. The molecule has 2 aliphatic heterocycles. The first-order valence-corrected chi connectivity index (χ1v) is 11.8. The van der Waals surface area contributed by atoms with Crippen molar-refractivity contribution in [2.45, 2.75) is 51.6 Å². The highest BCUT2D eigenvalue weighted by Crippen LogP contribution is 2.15. The van der Waals surface area contributed by atoms with Crippen LogP contribution in [-0.4, -0.2) is 69.2 Å². The van der Waals surface area contributed by atoms with Gasteiger partial charge in [-0.2, -0.15) is 0 Å². The van der Waals surface area contributed by atoms with Crippen molar-refractivity contribution >= 4 is 39.8 Å². The minimum atomic E-state index is -2.90. The lowest BCUT2D eigenvalue weighted by molar-refractivity contribution is -0.0704. The quantitative estimate of drug-likeness (QED) is 0.339. The number of ether oxygens (including phenoxy) is 1. The summed E-state index contributed by atoms with van der Waals surface area (Å²) in [4.78, 5) is 6.64. The molecule has 164 valence electrons. The summed E-state index contributed by atoms with van der Waals surface area (Å²) in [5, 5.41) is 6.48. The van der Waals surface area contributed by atoms with Gasteiger partial charge < -0.3 is 15.4 Å². The number of morpholine rings is 1. The Bertz CT molecular complexity index is 775. The minimum Gasteiger partial charge on any atom is -0.373 e. The molecule has 0 spiro atoms. The molecule has 1 aromatic rings. The van der Waals surface area contributed by atoms with Crippen molar-refractivity contribution in [2.75, 3.05) is 31.6 Å². The Kier molecular flexibility index (Phi) is 9.17. The van der Waals surface area contributed by atoms with Gasteiger partial charge in [0.2, 0.25) is 0 Å². The summed E-state index contributed by atoms with van der Waals surface area (Å²) >= 11 is 0. The molecular formula is C20H33IN4O3S. The van der Waals surface area contributed by atoms with Crippen LogP contribution in [0, 0.1) is 0 Å². The zero-order chi connectivity index (χ0) is 20.1. The van der Waals surface area contributed by atoms with Gasteiger partial charge in [-0.15, -0.1) is 24.0 Å². The summed E-state index contributed by atoms with van der Waals surface area (Å²) in [7, 11) is -1.20. The molecule has 0 saturated carbocycles. The third-order valence-corrected chi connectivity index (χ3v) is 6.95. The van der Waals surface area contributed by atoms with Gasteiger partial charge in [-0.05, 0) is 31.4 Å². The van der Waals surface area contributed by atoms with Crippen LogP contribution >= 0.6 is 24.0 Å². The largest absolute Gasteiger partial charge is 0.373 e. The molecule has 29 heavy (non-hydrogen) atoms. The zero-order valence-corrected chi connectivity index (χ0v) is 20.6. The summed E-state index contributed by atoms with van der Waals surface area (Å²) in [6.45, 7) is 7.76. The molecule has 3 unspecified atom stereocenters. The van der Waals surface area contributed by atoms with Gasteiger partial charge >= 0.3 is 0 Å². The molecule has 2 aliphatic rings. The Hall–Kier alpha value is -0.910. The van der Waals surface area contributed by atoms with E-state index in [0.29, 0.717) is 18.9 Å². The Labute approximate surface area is 191 Å². The second kappa shape index (κ2) is 10.9. The summed E-state index contributed by atoms with van der Waals surface area (Å²) < 4.78 is 29.0.